The molecule has 4 heteroatoms. The molecule has 1 aromatic heterocycles. The lowest BCUT2D eigenvalue weighted by Gasteiger charge is -1.99. The lowest BCUT2D eigenvalue weighted by Crippen LogP contribution is -1.93. The average molecular weight is 152 g/mol. The Morgan fingerprint density at radius 3 is 3.00 bits per heavy atom. The number of hydrogen-bond donors (Lipinski definition) is 2. The molecule has 1 rings (SSSR count). The van der Waals surface area contributed by atoms with Crippen LogP contribution in [0, 0.1) is 5.41 Å². The van der Waals surface area contributed by atoms with Gasteiger partial charge in [-0.2, -0.15) is 0 Å². The topological polar surface area (TPSA) is 71.7 Å². The van der Waals surface area contributed by atoms with Gasteiger partial charge >= 0.3 is 5.75 Å². The van der Waals surface area contributed by atoms with Gasteiger partial charge in [-0.15, -0.1) is 0 Å². The Bertz CT molecular complexity index is 272. The van der Waals surface area contributed by atoms with Gasteiger partial charge in [-0.05, 0) is 6.07 Å². The van der Waals surface area contributed by atoms with Crippen LogP contribution < -0.4 is 5.32 Å². The minimum atomic E-state index is 0.269. The Morgan fingerprint density at radius 2 is 2.45 bits per heavy atom. The highest BCUT2D eigenvalue weighted by Gasteiger charge is 2.08. The maximum Gasteiger partial charge on any atom is 0.305 e. The van der Waals surface area contributed by atoms with Crippen LogP contribution in [-0.4, -0.2) is 23.4 Å². The average Bonchev–Trinajstić information content (AvgIpc) is 2.05. The molecule has 0 saturated carbocycles. The molecular formula is C7H10N3O+. The summed E-state index contributed by atoms with van der Waals surface area (Å²) < 4.78 is 0. The van der Waals surface area contributed by atoms with Crippen molar-refractivity contribution in [2.75, 3.05) is 12.4 Å². The first-order chi connectivity index (χ1) is 5.29. The molecular weight excluding hydrogens is 142 g/mol. The highest BCUT2D eigenvalue weighted by atomic mass is 16.3. The summed E-state index contributed by atoms with van der Waals surface area (Å²) in [6, 6.07) is 1.70. The lowest BCUT2D eigenvalue weighted by molar-refractivity contribution is 0.474. The summed E-state index contributed by atoms with van der Waals surface area (Å²) in [4.78, 5) is 3.83. The molecule has 0 radical (unpaired) electrons. The van der Waals surface area contributed by atoms with Gasteiger partial charge in [0.2, 0.25) is 0 Å². The van der Waals surface area contributed by atoms with Crippen molar-refractivity contribution in [2.45, 2.75) is 0 Å². The summed E-state index contributed by atoms with van der Waals surface area (Å²) in [6.07, 6.45) is 2.65. The number of nitrogens with zero attached hydrogens (tertiary/aromatic N) is 1. The van der Waals surface area contributed by atoms with E-state index in [1.807, 2.05) is 0 Å². The van der Waals surface area contributed by atoms with Gasteiger partial charge in [0.15, 0.2) is 5.69 Å². The summed E-state index contributed by atoms with van der Waals surface area (Å²) >= 11 is 0. The highest BCUT2D eigenvalue weighted by molar-refractivity contribution is 5.81. The van der Waals surface area contributed by atoms with Crippen LogP contribution in [0.25, 0.3) is 0 Å². The highest BCUT2D eigenvalue weighted by Crippen LogP contribution is 2.23. The van der Waals surface area contributed by atoms with Crippen molar-refractivity contribution in [1.29, 1.82) is 5.41 Å². The number of anilines is 1. The van der Waals surface area contributed by atoms with Crippen LogP contribution in [0.5, 0.6) is 5.75 Å². The van der Waals surface area contributed by atoms with Gasteiger partial charge in [0.25, 0.3) is 0 Å². The van der Waals surface area contributed by atoms with E-state index in [1.165, 1.54) is 0 Å². The molecule has 0 aliphatic carbocycles. The molecule has 0 saturated heterocycles. The zero-order valence-electron chi connectivity index (χ0n) is 6.18. The fourth-order valence-corrected chi connectivity index (χ4v) is 0.796. The standard InChI is InChI=1S/C7H9N3O/c1-9-5-2-3-10-6(4-8)7(5)11/h2-4,8,11H,1H3,(H,9,10)/p+1. The fourth-order valence-electron chi connectivity index (χ4n) is 0.796. The quantitative estimate of drug-likeness (QED) is 0.480. The van der Waals surface area contributed by atoms with Crippen LogP contribution in [0.3, 0.4) is 0 Å². The van der Waals surface area contributed by atoms with E-state index in [4.69, 9.17) is 10.5 Å². The van der Waals surface area contributed by atoms with Crippen molar-refractivity contribution < 1.29 is 5.11 Å². The van der Waals surface area contributed by atoms with Crippen molar-refractivity contribution in [3.63, 3.8) is 0 Å². The summed E-state index contributed by atoms with van der Waals surface area (Å²) in [6.45, 7) is 0. The number of hydrogen-bond acceptors (Lipinski definition) is 3. The van der Waals surface area contributed by atoms with Gasteiger partial charge in [-0.1, -0.05) is 0 Å². The molecule has 0 fully saturated rings. The molecule has 0 aromatic carbocycles. The van der Waals surface area contributed by atoms with Crippen LogP contribution in [0.4, 0.5) is 5.69 Å². The Balaban J connectivity index is 3.20. The van der Waals surface area contributed by atoms with E-state index in [9.17, 15) is 0 Å². The largest absolute Gasteiger partial charge is 0.590 e. The molecule has 4 N–H and O–H groups in total. The van der Waals surface area contributed by atoms with Crippen LogP contribution in [0.1, 0.15) is 5.69 Å². The predicted molar refractivity (Wildman–Crippen MR) is 44.7 cm³/mol. The first-order valence-corrected chi connectivity index (χ1v) is 3.18. The molecule has 0 unspecified atom stereocenters. The Kier molecular flexibility index (Phi) is 2.06. The SMILES string of the molecule is CNc1ccnc(C=N)c1[OH2+]. The molecule has 58 valence electrons. The summed E-state index contributed by atoms with van der Waals surface area (Å²) in [5.41, 5.74) is 1.08. The smallest absolute Gasteiger partial charge is 0.305 e. The Labute approximate surface area is 64.4 Å². The third kappa shape index (κ3) is 1.29. The second kappa shape index (κ2) is 3.01. The van der Waals surface area contributed by atoms with E-state index in [0.717, 1.165) is 6.21 Å². The van der Waals surface area contributed by atoms with E-state index < -0.39 is 0 Å². The van der Waals surface area contributed by atoms with Crippen molar-refractivity contribution in [3.05, 3.63) is 18.0 Å². The third-order valence-electron chi connectivity index (χ3n) is 1.39. The lowest BCUT2D eigenvalue weighted by atomic mass is 10.3. The maximum absolute atomic E-state index is 7.47. The first kappa shape index (κ1) is 7.53. The number of pyridine rings is 1. The van der Waals surface area contributed by atoms with Crippen LogP contribution >= 0.6 is 0 Å². The van der Waals surface area contributed by atoms with Gasteiger partial charge in [-0.3, -0.25) is 0 Å². The molecule has 1 aromatic rings. The molecule has 1 heterocycles. The van der Waals surface area contributed by atoms with E-state index in [1.54, 1.807) is 19.3 Å². The molecule has 4 nitrogen and oxygen atoms in total. The minimum Gasteiger partial charge on any atom is -0.590 e. The normalized spacial score (nSPS) is 9.18. The minimum absolute atomic E-state index is 0.269. The number of rotatable bonds is 2. The van der Waals surface area contributed by atoms with Gasteiger partial charge < -0.3 is 15.8 Å². The summed E-state index contributed by atoms with van der Waals surface area (Å²) in [5, 5.41) is 17.2. The predicted octanol–water partition coefficient (Wildman–Crippen LogP) is 0.559. The fraction of sp³-hybridized carbons (Fsp3) is 0.143. The monoisotopic (exact) mass is 152 g/mol. The second-order valence-corrected chi connectivity index (χ2v) is 2.01. The molecule has 0 atom stereocenters. The Hall–Kier alpha value is -1.58. The molecule has 0 spiro atoms. The van der Waals surface area contributed by atoms with Gasteiger partial charge in [0, 0.05) is 13.2 Å². The van der Waals surface area contributed by atoms with Gasteiger partial charge in [0.1, 0.15) is 5.69 Å². The first-order valence-electron chi connectivity index (χ1n) is 3.18. The second-order valence-electron chi connectivity index (χ2n) is 2.01. The zero-order chi connectivity index (χ0) is 8.27. The Morgan fingerprint density at radius 1 is 1.73 bits per heavy atom. The molecule has 0 aliphatic rings. The van der Waals surface area contributed by atoms with Crippen LogP contribution in [0.2, 0.25) is 0 Å². The maximum atomic E-state index is 7.47. The van der Waals surface area contributed by atoms with Crippen molar-refractivity contribution in [1.82, 2.24) is 4.98 Å². The van der Waals surface area contributed by atoms with Gasteiger partial charge in [-0.25, -0.2) is 4.98 Å². The van der Waals surface area contributed by atoms with E-state index in [2.05, 4.69) is 10.3 Å². The number of nitrogens with one attached hydrogen (secondary N) is 2. The molecule has 0 amide bonds. The van der Waals surface area contributed by atoms with Crippen LogP contribution in [-0.2, 0) is 0 Å². The van der Waals surface area contributed by atoms with Crippen molar-refractivity contribution in [2.24, 2.45) is 0 Å². The van der Waals surface area contributed by atoms with Gasteiger partial charge in [0.05, 0.1) is 6.21 Å². The van der Waals surface area contributed by atoms with Crippen molar-refractivity contribution >= 4 is 11.9 Å². The molecule has 11 heavy (non-hydrogen) atoms. The van der Waals surface area contributed by atoms with Crippen molar-refractivity contribution in [3.8, 4) is 5.75 Å². The van der Waals surface area contributed by atoms with Crippen LogP contribution in [0.15, 0.2) is 12.3 Å². The van der Waals surface area contributed by atoms with E-state index in [0.29, 0.717) is 11.4 Å². The summed E-state index contributed by atoms with van der Waals surface area (Å²) in [7, 11) is 1.74. The number of aromatic nitrogens is 1. The summed E-state index contributed by atoms with van der Waals surface area (Å²) in [5.74, 6) is 0.269. The van der Waals surface area contributed by atoms with E-state index >= 15 is 0 Å². The molecule has 0 aliphatic heterocycles. The molecule has 0 bridgehead atoms. The van der Waals surface area contributed by atoms with E-state index in [-0.39, 0.29) is 5.75 Å². The zero-order valence-corrected chi connectivity index (χ0v) is 6.18. The third-order valence-corrected chi connectivity index (χ3v) is 1.39.